The molecule has 1 aromatic carbocycles. The Hall–Kier alpha value is -1.30. The number of hydrogen-bond donors (Lipinski definition) is 3. The Morgan fingerprint density at radius 3 is 2.76 bits per heavy atom. The van der Waals surface area contributed by atoms with Crippen LogP contribution in [-0.2, 0) is 11.3 Å². The fourth-order valence-corrected chi connectivity index (χ4v) is 1.47. The molecule has 1 atom stereocenters. The van der Waals surface area contributed by atoms with E-state index in [9.17, 15) is 10.2 Å². The third-order valence-corrected chi connectivity index (χ3v) is 2.31. The van der Waals surface area contributed by atoms with Crippen LogP contribution in [0.5, 0.6) is 11.5 Å². The van der Waals surface area contributed by atoms with Crippen LogP contribution in [0.15, 0.2) is 18.2 Å². The van der Waals surface area contributed by atoms with Crippen molar-refractivity contribution in [2.75, 3.05) is 27.4 Å². The van der Waals surface area contributed by atoms with Crippen molar-refractivity contribution in [3.05, 3.63) is 23.8 Å². The quantitative estimate of drug-likeness (QED) is 0.648. The summed E-state index contributed by atoms with van der Waals surface area (Å²) in [5, 5.41) is 21.9. The molecule has 0 aliphatic carbocycles. The summed E-state index contributed by atoms with van der Waals surface area (Å²) in [6, 6.07) is 5.14. The number of hydrogen-bond acceptors (Lipinski definition) is 5. The lowest BCUT2D eigenvalue weighted by Gasteiger charge is -2.11. The van der Waals surface area contributed by atoms with Crippen LogP contribution < -0.4 is 10.1 Å². The average molecular weight is 241 g/mol. The van der Waals surface area contributed by atoms with Crippen LogP contribution in [0.2, 0.25) is 0 Å². The molecule has 0 heterocycles. The van der Waals surface area contributed by atoms with Crippen LogP contribution in [0.25, 0.3) is 0 Å². The summed E-state index contributed by atoms with van der Waals surface area (Å²) in [6.45, 7) is 1.36. The van der Waals surface area contributed by atoms with Gasteiger partial charge in [-0.05, 0) is 17.7 Å². The first-order valence-corrected chi connectivity index (χ1v) is 5.41. The molecule has 0 saturated heterocycles. The molecular weight excluding hydrogens is 222 g/mol. The minimum absolute atomic E-state index is 0.121. The zero-order chi connectivity index (χ0) is 12.7. The maximum Gasteiger partial charge on any atom is 0.160 e. The van der Waals surface area contributed by atoms with Crippen molar-refractivity contribution in [2.45, 2.75) is 12.6 Å². The van der Waals surface area contributed by atoms with Gasteiger partial charge in [-0.2, -0.15) is 0 Å². The number of methoxy groups -OCH3 is 2. The molecule has 0 fully saturated rings. The Kier molecular flexibility index (Phi) is 5.76. The van der Waals surface area contributed by atoms with Gasteiger partial charge in [0.1, 0.15) is 0 Å². The smallest absolute Gasteiger partial charge is 0.160 e. The van der Waals surface area contributed by atoms with Crippen LogP contribution in [0.3, 0.4) is 0 Å². The molecule has 0 aliphatic rings. The van der Waals surface area contributed by atoms with Crippen molar-refractivity contribution in [3.8, 4) is 11.5 Å². The Bertz CT molecular complexity index is 343. The number of phenols is 1. The Morgan fingerprint density at radius 1 is 1.35 bits per heavy atom. The van der Waals surface area contributed by atoms with E-state index in [-0.39, 0.29) is 5.75 Å². The summed E-state index contributed by atoms with van der Waals surface area (Å²) in [6.07, 6.45) is -0.515. The minimum Gasteiger partial charge on any atom is -0.504 e. The van der Waals surface area contributed by atoms with Crippen molar-refractivity contribution in [1.29, 1.82) is 0 Å². The van der Waals surface area contributed by atoms with Crippen LogP contribution in [-0.4, -0.2) is 43.7 Å². The topological polar surface area (TPSA) is 71.0 Å². The Morgan fingerprint density at radius 2 is 2.12 bits per heavy atom. The number of benzene rings is 1. The predicted octanol–water partition coefficient (Wildman–Crippen LogP) is 0.498. The van der Waals surface area contributed by atoms with Crippen LogP contribution in [0.1, 0.15) is 5.56 Å². The van der Waals surface area contributed by atoms with Crippen LogP contribution in [0, 0.1) is 0 Å². The number of nitrogens with one attached hydrogen (secondary N) is 1. The molecular formula is C12H19NO4. The molecule has 0 aromatic heterocycles. The van der Waals surface area contributed by atoms with Gasteiger partial charge in [-0.3, -0.25) is 0 Å². The molecule has 1 unspecified atom stereocenters. The molecule has 0 aliphatic heterocycles. The van der Waals surface area contributed by atoms with Gasteiger partial charge in [0.05, 0.1) is 19.8 Å². The van der Waals surface area contributed by atoms with E-state index < -0.39 is 6.10 Å². The van der Waals surface area contributed by atoms with Gasteiger partial charge in [0.2, 0.25) is 0 Å². The Labute approximate surface area is 101 Å². The van der Waals surface area contributed by atoms with E-state index in [2.05, 4.69) is 5.32 Å². The predicted molar refractivity (Wildman–Crippen MR) is 64.2 cm³/mol. The molecule has 5 nitrogen and oxygen atoms in total. The second-order valence-electron chi connectivity index (χ2n) is 3.75. The fourth-order valence-electron chi connectivity index (χ4n) is 1.47. The number of aliphatic hydroxyl groups excluding tert-OH is 1. The van der Waals surface area contributed by atoms with Gasteiger partial charge in [-0.1, -0.05) is 6.07 Å². The zero-order valence-electron chi connectivity index (χ0n) is 10.1. The second kappa shape index (κ2) is 7.11. The molecule has 96 valence electrons. The Balaban J connectivity index is 2.41. The molecule has 1 rings (SSSR count). The lowest BCUT2D eigenvalue weighted by molar-refractivity contribution is 0.0644. The number of aromatic hydroxyl groups is 1. The molecule has 0 bridgehead atoms. The standard InChI is InChI=1S/C12H19NO4/c1-16-8-10(14)7-13-6-9-3-4-11(15)12(5-9)17-2/h3-5,10,13-15H,6-8H2,1-2H3. The third-order valence-electron chi connectivity index (χ3n) is 2.31. The molecule has 3 N–H and O–H groups in total. The van der Waals surface area contributed by atoms with Crippen LogP contribution in [0.4, 0.5) is 0 Å². The number of rotatable bonds is 7. The number of aliphatic hydroxyl groups is 1. The molecule has 1 aromatic rings. The average Bonchev–Trinajstić information content (AvgIpc) is 2.31. The number of phenolic OH excluding ortho intramolecular Hbond substituents is 1. The van der Waals surface area contributed by atoms with Crippen molar-refractivity contribution >= 4 is 0 Å². The van der Waals surface area contributed by atoms with E-state index in [1.54, 1.807) is 25.3 Å². The van der Waals surface area contributed by atoms with Crippen molar-refractivity contribution in [1.82, 2.24) is 5.32 Å². The highest BCUT2D eigenvalue weighted by Crippen LogP contribution is 2.25. The summed E-state index contributed by atoms with van der Waals surface area (Å²) in [5.74, 6) is 0.567. The van der Waals surface area contributed by atoms with Crippen molar-refractivity contribution in [2.24, 2.45) is 0 Å². The molecule has 0 amide bonds. The number of ether oxygens (including phenoxy) is 2. The van der Waals surface area contributed by atoms with Gasteiger partial charge in [-0.25, -0.2) is 0 Å². The van der Waals surface area contributed by atoms with Crippen molar-refractivity contribution in [3.63, 3.8) is 0 Å². The zero-order valence-corrected chi connectivity index (χ0v) is 10.1. The summed E-state index contributed by atoms with van der Waals surface area (Å²) in [4.78, 5) is 0. The summed E-state index contributed by atoms with van der Waals surface area (Å²) < 4.78 is 9.82. The molecule has 5 heteroatoms. The van der Waals surface area contributed by atoms with E-state index >= 15 is 0 Å². The highest BCUT2D eigenvalue weighted by Gasteiger charge is 2.04. The summed E-state index contributed by atoms with van der Waals surface area (Å²) in [5.41, 5.74) is 0.976. The SMILES string of the molecule is COCC(O)CNCc1ccc(O)c(OC)c1. The lowest BCUT2D eigenvalue weighted by atomic mass is 10.2. The van der Waals surface area contributed by atoms with Crippen LogP contribution >= 0.6 is 0 Å². The maximum atomic E-state index is 9.42. The molecule has 0 saturated carbocycles. The van der Waals surface area contributed by atoms with Gasteiger partial charge in [0, 0.05) is 20.2 Å². The fraction of sp³-hybridized carbons (Fsp3) is 0.500. The highest BCUT2D eigenvalue weighted by atomic mass is 16.5. The van der Waals surface area contributed by atoms with E-state index in [4.69, 9.17) is 9.47 Å². The van der Waals surface area contributed by atoms with Gasteiger partial charge in [0.15, 0.2) is 11.5 Å². The van der Waals surface area contributed by atoms with Gasteiger partial charge >= 0.3 is 0 Å². The molecule has 17 heavy (non-hydrogen) atoms. The summed E-state index contributed by atoms with van der Waals surface area (Å²) >= 11 is 0. The van der Waals surface area contributed by atoms with E-state index in [0.717, 1.165) is 5.56 Å². The maximum absolute atomic E-state index is 9.42. The first-order valence-electron chi connectivity index (χ1n) is 5.41. The highest BCUT2D eigenvalue weighted by molar-refractivity contribution is 5.41. The van der Waals surface area contributed by atoms with Gasteiger partial charge in [0.25, 0.3) is 0 Å². The monoisotopic (exact) mass is 241 g/mol. The van der Waals surface area contributed by atoms with E-state index in [0.29, 0.717) is 25.4 Å². The van der Waals surface area contributed by atoms with E-state index in [1.807, 2.05) is 0 Å². The second-order valence-corrected chi connectivity index (χ2v) is 3.75. The first kappa shape index (κ1) is 13.8. The molecule has 0 spiro atoms. The van der Waals surface area contributed by atoms with Gasteiger partial charge in [-0.15, -0.1) is 0 Å². The largest absolute Gasteiger partial charge is 0.504 e. The molecule has 0 radical (unpaired) electrons. The first-order chi connectivity index (χ1) is 8.17. The lowest BCUT2D eigenvalue weighted by Crippen LogP contribution is -2.29. The minimum atomic E-state index is -0.515. The normalized spacial score (nSPS) is 12.4. The third kappa shape index (κ3) is 4.60. The van der Waals surface area contributed by atoms with Crippen molar-refractivity contribution < 1.29 is 19.7 Å². The van der Waals surface area contributed by atoms with E-state index in [1.165, 1.54) is 7.11 Å². The van der Waals surface area contributed by atoms with Gasteiger partial charge < -0.3 is 25.0 Å². The summed E-state index contributed by atoms with van der Waals surface area (Å²) in [7, 11) is 3.06.